The van der Waals surface area contributed by atoms with Gasteiger partial charge in [-0.2, -0.15) is 0 Å². The summed E-state index contributed by atoms with van der Waals surface area (Å²) >= 11 is 0. The summed E-state index contributed by atoms with van der Waals surface area (Å²) in [7, 11) is 0. The van der Waals surface area contributed by atoms with E-state index in [1.807, 2.05) is 19.1 Å². The fourth-order valence-electron chi connectivity index (χ4n) is 3.79. The molecule has 2 aliphatic heterocycles. The lowest BCUT2D eigenvalue weighted by Gasteiger charge is -2.28. The minimum Gasteiger partial charge on any atom is -0.370 e. The zero-order chi connectivity index (χ0) is 15.0. The van der Waals surface area contributed by atoms with Crippen LogP contribution in [-0.2, 0) is 0 Å². The Morgan fingerprint density at radius 2 is 2.10 bits per heavy atom. The number of nitrogens with zero attached hydrogens (tertiary/aromatic N) is 3. The summed E-state index contributed by atoms with van der Waals surface area (Å²) in [6.45, 7) is 7.45. The second-order valence-electron chi connectivity index (χ2n) is 6.35. The highest BCUT2D eigenvalue weighted by molar-refractivity contribution is 5.56. The van der Waals surface area contributed by atoms with Gasteiger partial charge >= 0.3 is 0 Å². The molecule has 0 amide bonds. The molecule has 114 valence electrons. The van der Waals surface area contributed by atoms with E-state index in [4.69, 9.17) is 0 Å². The van der Waals surface area contributed by atoms with E-state index < -0.39 is 0 Å². The van der Waals surface area contributed by atoms with Crippen LogP contribution in [0.2, 0.25) is 0 Å². The average Bonchev–Trinajstić information content (AvgIpc) is 3.06. The summed E-state index contributed by atoms with van der Waals surface area (Å²) in [5.74, 6) is 0. The van der Waals surface area contributed by atoms with E-state index in [1.165, 1.54) is 25.8 Å². The molecule has 0 N–H and O–H groups in total. The molecule has 2 heterocycles. The van der Waals surface area contributed by atoms with Crippen LogP contribution in [0.25, 0.3) is 0 Å². The molecule has 1 aromatic carbocycles. The van der Waals surface area contributed by atoms with Gasteiger partial charge in [0.2, 0.25) is 0 Å². The third-order valence-electron chi connectivity index (χ3n) is 4.98. The van der Waals surface area contributed by atoms with E-state index in [2.05, 4.69) is 16.7 Å². The lowest BCUT2D eigenvalue weighted by atomic mass is 10.1. The zero-order valence-electron chi connectivity index (χ0n) is 12.8. The Labute approximate surface area is 125 Å². The molecule has 0 aromatic heterocycles. The van der Waals surface area contributed by atoms with Crippen LogP contribution in [0.15, 0.2) is 18.2 Å². The van der Waals surface area contributed by atoms with Crippen LogP contribution >= 0.6 is 0 Å². The molecule has 0 radical (unpaired) electrons. The van der Waals surface area contributed by atoms with Gasteiger partial charge in [-0.1, -0.05) is 0 Å². The number of nitro groups is 1. The van der Waals surface area contributed by atoms with Gasteiger partial charge in [0.15, 0.2) is 0 Å². The van der Waals surface area contributed by atoms with Gasteiger partial charge < -0.3 is 4.90 Å². The van der Waals surface area contributed by atoms with E-state index in [0.717, 1.165) is 24.3 Å². The highest BCUT2D eigenvalue weighted by Crippen LogP contribution is 2.30. The van der Waals surface area contributed by atoms with Crippen molar-refractivity contribution in [3.63, 3.8) is 0 Å². The van der Waals surface area contributed by atoms with Crippen LogP contribution in [0.5, 0.6) is 0 Å². The molecule has 0 spiro atoms. The summed E-state index contributed by atoms with van der Waals surface area (Å²) in [4.78, 5) is 15.6. The number of hydrogen-bond donors (Lipinski definition) is 0. The standard InChI is InChI=1S/C16H23N3O2/c1-12-10-14(5-6-16(12)19(20)21)17-9-7-15(11-17)18-8-3-4-13(18)2/h5-6,10,13,15H,3-4,7-9,11H2,1-2H3/t13-,15+/m0/s1. The van der Waals surface area contributed by atoms with Gasteiger partial charge in [0.25, 0.3) is 5.69 Å². The van der Waals surface area contributed by atoms with Crippen LogP contribution in [0, 0.1) is 17.0 Å². The fraction of sp³-hybridized carbons (Fsp3) is 0.625. The van der Waals surface area contributed by atoms with Crippen molar-refractivity contribution in [2.45, 2.75) is 45.2 Å². The molecular weight excluding hydrogens is 266 g/mol. The summed E-state index contributed by atoms with van der Waals surface area (Å²) in [5.41, 5.74) is 2.07. The van der Waals surface area contributed by atoms with E-state index >= 15 is 0 Å². The Morgan fingerprint density at radius 3 is 2.71 bits per heavy atom. The van der Waals surface area contributed by atoms with Gasteiger partial charge in [-0.25, -0.2) is 0 Å². The number of benzene rings is 1. The molecule has 0 aliphatic carbocycles. The molecule has 5 nitrogen and oxygen atoms in total. The van der Waals surface area contributed by atoms with Crippen molar-refractivity contribution in [1.29, 1.82) is 0 Å². The summed E-state index contributed by atoms with van der Waals surface area (Å²) in [5, 5.41) is 10.9. The Morgan fingerprint density at radius 1 is 1.29 bits per heavy atom. The summed E-state index contributed by atoms with van der Waals surface area (Å²) in [6.07, 6.45) is 3.82. The highest BCUT2D eigenvalue weighted by atomic mass is 16.6. The molecule has 0 bridgehead atoms. The number of anilines is 1. The van der Waals surface area contributed by atoms with Gasteiger partial charge in [-0.05, 0) is 51.8 Å². The van der Waals surface area contributed by atoms with E-state index in [9.17, 15) is 10.1 Å². The Kier molecular flexibility index (Phi) is 3.85. The van der Waals surface area contributed by atoms with E-state index in [-0.39, 0.29) is 10.6 Å². The lowest BCUT2D eigenvalue weighted by Crippen LogP contribution is -2.39. The van der Waals surface area contributed by atoms with E-state index in [0.29, 0.717) is 12.1 Å². The Bertz CT molecular complexity index is 546. The number of rotatable bonds is 3. The Balaban J connectivity index is 1.71. The topological polar surface area (TPSA) is 49.6 Å². The van der Waals surface area contributed by atoms with Gasteiger partial charge in [0, 0.05) is 42.5 Å². The highest BCUT2D eigenvalue weighted by Gasteiger charge is 2.33. The maximum Gasteiger partial charge on any atom is 0.272 e. The first kappa shape index (κ1) is 14.3. The average molecular weight is 289 g/mol. The summed E-state index contributed by atoms with van der Waals surface area (Å²) < 4.78 is 0. The third-order valence-corrected chi connectivity index (χ3v) is 4.98. The maximum absolute atomic E-state index is 10.9. The monoisotopic (exact) mass is 289 g/mol. The first-order valence-corrected chi connectivity index (χ1v) is 7.82. The SMILES string of the molecule is Cc1cc(N2CC[C@@H](N3CCC[C@@H]3C)C2)ccc1[N+](=O)[O-]. The molecule has 21 heavy (non-hydrogen) atoms. The number of aryl methyl sites for hydroxylation is 1. The molecule has 3 rings (SSSR count). The Hall–Kier alpha value is -1.62. The van der Waals surface area contributed by atoms with Gasteiger partial charge in [0.05, 0.1) is 4.92 Å². The minimum atomic E-state index is -0.308. The number of hydrogen-bond acceptors (Lipinski definition) is 4. The number of likely N-dealkylation sites (tertiary alicyclic amines) is 1. The molecule has 2 fully saturated rings. The smallest absolute Gasteiger partial charge is 0.272 e. The second kappa shape index (κ2) is 5.64. The van der Waals surface area contributed by atoms with Crippen molar-refractivity contribution in [3.8, 4) is 0 Å². The second-order valence-corrected chi connectivity index (χ2v) is 6.35. The van der Waals surface area contributed by atoms with Crippen molar-refractivity contribution in [2.24, 2.45) is 0 Å². The van der Waals surface area contributed by atoms with Gasteiger partial charge in [-0.3, -0.25) is 15.0 Å². The predicted molar refractivity (Wildman–Crippen MR) is 83.9 cm³/mol. The normalized spacial score (nSPS) is 26.5. The first-order chi connectivity index (χ1) is 10.1. The zero-order valence-corrected chi connectivity index (χ0v) is 12.8. The molecule has 1 aromatic rings. The van der Waals surface area contributed by atoms with Gasteiger partial charge in [0.1, 0.15) is 0 Å². The van der Waals surface area contributed by atoms with Crippen LogP contribution < -0.4 is 4.90 Å². The molecule has 0 unspecified atom stereocenters. The van der Waals surface area contributed by atoms with Crippen molar-refractivity contribution < 1.29 is 4.92 Å². The third kappa shape index (κ3) is 2.75. The van der Waals surface area contributed by atoms with Crippen LogP contribution in [0.4, 0.5) is 11.4 Å². The van der Waals surface area contributed by atoms with E-state index in [1.54, 1.807) is 6.07 Å². The number of nitro benzene ring substituents is 1. The van der Waals surface area contributed by atoms with Crippen molar-refractivity contribution in [1.82, 2.24) is 4.90 Å². The van der Waals surface area contributed by atoms with Crippen LogP contribution in [0.3, 0.4) is 0 Å². The molecule has 2 aliphatic rings. The maximum atomic E-state index is 10.9. The van der Waals surface area contributed by atoms with Crippen LogP contribution in [0.1, 0.15) is 31.7 Å². The first-order valence-electron chi connectivity index (χ1n) is 7.82. The van der Waals surface area contributed by atoms with Crippen molar-refractivity contribution >= 4 is 11.4 Å². The fourth-order valence-corrected chi connectivity index (χ4v) is 3.79. The largest absolute Gasteiger partial charge is 0.370 e. The molecule has 2 saturated heterocycles. The van der Waals surface area contributed by atoms with Crippen molar-refractivity contribution in [3.05, 3.63) is 33.9 Å². The lowest BCUT2D eigenvalue weighted by molar-refractivity contribution is -0.385. The predicted octanol–water partition coefficient (Wildman–Crippen LogP) is 2.97. The van der Waals surface area contributed by atoms with Gasteiger partial charge in [-0.15, -0.1) is 0 Å². The summed E-state index contributed by atoms with van der Waals surface area (Å²) in [6, 6.07) is 6.82. The molecular formula is C16H23N3O2. The quantitative estimate of drug-likeness (QED) is 0.634. The minimum absolute atomic E-state index is 0.211. The van der Waals surface area contributed by atoms with Crippen LogP contribution in [-0.4, -0.2) is 41.5 Å². The molecule has 0 saturated carbocycles. The van der Waals surface area contributed by atoms with Crippen molar-refractivity contribution in [2.75, 3.05) is 24.5 Å². The molecule has 5 heteroatoms. The molecule has 2 atom stereocenters.